The van der Waals surface area contributed by atoms with Crippen molar-refractivity contribution in [1.82, 2.24) is 4.90 Å². The molecular weight excluding hydrogens is 212 g/mol. The van der Waals surface area contributed by atoms with Gasteiger partial charge in [-0.25, -0.2) is 0 Å². The highest BCUT2D eigenvalue weighted by molar-refractivity contribution is 5.46. The molecule has 1 heterocycles. The molecule has 17 heavy (non-hydrogen) atoms. The fourth-order valence-corrected chi connectivity index (χ4v) is 3.13. The lowest BCUT2D eigenvalue weighted by Gasteiger charge is -2.45. The molecule has 1 aliphatic heterocycles. The Kier molecular flexibility index (Phi) is 2.77. The van der Waals surface area contributed by atoms with E-state index < -0.39 is 0 Å². The van der Waals surface area contributed by atoms with Crippen LogP contribution in [0.4, 0.5) is 0 Å². The van der Waals surface area contributed by atoms with Gasteiger partial charge < -0.3 is 10.5 Å². The van der Waals surface area contributed by atoms with Crippen LogP contribution in [0.5, 0.6) is 0 Å². The zero-order valence-electron chi connectivity index (χ0n) is 11.8. The quantitative estimate of drug-likeness (QED) is 0.759. The summed E-state index contributed by atoms with van der Waals surface area (Å²) < 4.78 is 6.01. The molecule has 0 aromatic heterocycles. The Labute approximate surface area is 104 Å². The third-order valence-electron chi connectivity index (χ3n) is 4.70. The largest absolute Gasteiger partial charge is 0.494 e. The van der Waals surface area contributed by atoms with E-state index in [0.29, 0.717) is 12.0 Å². The molecule has 96 valence electrons. The molecule has 1 fully saturated rings. The van der Waals surface area contributed by atoms with Crippen LogP contribution in [0.3, 0.4) is 0 Å². The van der Waals surface area contributed by atoms with Gasteiger partial charge in [0.05, 0.1) is 11.6 Å². The third-order valence-corrected chi connectivity index (χ3v) is 4.70. The zero-order chi connectivity index (χ0) is 13.0. The minimum absolute atomic E-state index is 0.121. The van der Waals surface area contributed by atoms with Crippen LogP contribution in [0.2, 0.25) is 0 Å². The summed E-state index contributed by atoms with van der Waals surface area (Å²) in [5.74, 6) is 1.54. The molecule has 3 nitrogen and oxygen atoms in total. The minimum Gasteiger partial charge on any atom is -0.494 e. The zero-order valence-corrected chi connectivity index (χ0v) is 11.8. The van der Waals surface area contributed by atoms with Crippen molar-refractivity contribution in [3.05, 3.63) is 22.6 Å². The van der Waals surface area contributed by atoms with E-state index in [1.807, 2.05) is 0 Å². The van der Waals surface area contributed by atoms with Gasteiger partial charge in [-0.2, -0.15) is 0 Å². The van der Waals surface area contributed by atoms with Crippen LogP contribution >= 0.6 is 0 Å². The van der Waals surface area contributed by atoms with Gasteiger partial charge in [0, 0.05) is 11.6 Å². The Morgan fingerprint density at radius 1 is 1.29 bits per heavy atom. The van der Waals surface area contributed by atoms with Crippen molar-refractivity contribution < 1.29 is 4.74 Å². The molecule has 0 radical (unpaired) electrons. The maximum Gasteiger partial charge on any atom is 0.105 e. The number of ether oxygens (including phenoxy) is 1. The number of allylic oxidation sites excluding steroid dienone is 2. The summed E-state index contributed by atoms with van der Waals surface area (Å²) >= 11 is 0. The highest BCUT2D eigenvalue weighted by atomic mass is 16.5. The van der Waals surface area contributed by atoms with Gasteiger partial charge in [0.25, 0.3) is 0 Å². The second-order valence-electron chi connectivity index (χ2n) is 5.79. The van der Waals surface area contributed by atoms with Gasteiger partial charge in [-0.15, -0.1) is 0 Å². The number of likely N-dealkylation sites (N-methyl/N-ethyl adjacent to an activating group) is 1. The molecular formula is C14H24N2O. The molecule has 0 spiro atoms. The van der Waals surface area contributed by atoms with E-state index in [-0.39, 0.29) is 5.54 Å². The Bertz CT molecular complexity index is 408. The van der Waals surface area contributed by atoms with Crippen molar-refractivity contribution in [2.75, 3.05) is 14.1 Å². The van der Waals surface area contributed by atoms with Gasteiger partial charge in [0.15, 0.2) is 0 Å². The average molecular weight is 236 g/mol. The van der Waals surface area contributed by atoms with E-state index in [4.69, 9.17) is 10.5 Å². The third kappa shape index (κ3) is 1.52. The number of fused-ring (bicyclic) bond motifs is 1. The van der Waals surface area contributed by atoms with Crippen LogP contribution in [0.15, 0.2) is 22.6 Å². The number of nitrogens with zero attached hydrogens (tertiary/aromatic N) is 1. The highest BCUT2D eigenvalue weighted by Gasteiger charge is 2.49. The normalized spacial score (nSPS) is 37.6. The number of hydrogen-bond donors (Lipinski definition) is 1. The van der Waals surface area contributed by atoms with Crippen molar-refractivity contribution in [3.8, 4) is 0 Å². The molecule has 0 aromatic rings. The molecule has 0 aromatic carbocycles. The summed E-state index contributed by atoms with van der Waals surface area (Å²) in [6, 6.07) is 0. The van der Waals surface area contributed by atoms with Crippen LogP contribution in [0, 0.1) is 5.92 Å². The SMILES string of the molecule is CC1=C2OC(C)CC2C(C)(N(C)C)C(N)=C1C. The molecule has 0 saturated carbocycles. The molecule has 3 heteroatoms. The van der Waals surface area contributed by atoms with Crippen LogP contribution in [0.25, 0.3) is 0 Å². The van der Waals surface area contributed by atoms with Gasteiger partial charge in [0.1, 0.15) is 5.76 Å². The lowest BCUT2D eigenvalue weighted by molar-refractivity contribution is 0.135. The monoisotopic (exact) mass is 236 g/mol. The molecule has 0 bridgehead atoms. The molecule has 0 amide bonds. The Morgan fingerprint density at radius 3 is 2.41 bits per heavy atom. The van der Waals surface area contributed by atoms with Crippen molar-refractivity contribution in [2.24, 2.45) is 11.7 Å². The summed E-state index contributed by atoms with van der Waals surface area (Å²) in [7, 11) is 4.20. The second kappa shape index (κ2) is 3.77. The Morgan fingerprint density at radius 2 is 1.88 bits per heavy atom. The standard InChI is InChI=1S/C14H24N2O/c1-8-7-11-12(17-8)9(2)10(3)13(15)14(11,4)16(5)6/h8,11H,7,15H2,1-6H3. The molecule has 1 saturated heterocycles. The number of hydrogen-bond acceptors (Lipinski definition) is 3. The fraction of sp³-hybridized carbons (Fsp3) is 0.714. The first-order valence-corrected chi connectivity index (χ1v) is 6.32. The van der Waals surface area contributed by atoms with E-state index >= 15 is 0 Å². The highest BCUT2D eigenvalue weighted by Crippen LogP contribution is 2.48. The van der Waals surface area contributed by atoms with Crippen LogP contribution < -0.4 is 5.73 Å². The maximum atomic E-state index is 6.40. The van der Waals surface area contributed by atoms with Crippen molar-refractivity contribution in [1.29, 1.82) is 0 Å². The van der Waals surface area contributed by atoms with Crippen LogP contribution in [-0.2, 0) is 4.74 Å². The Balaban J connectivity index is 2.58. The van der Waals surface area contributed by atoms with Gasteiger partial charge in [0.2, 0.25) is 0 Å². The second-order valence-corrected chi connectivity index (χ2v) is 5.79. The van der Waals surface area contributed by atoms with Gasteiger partial charge >= 0.3 is 0 Å². The average Bonchev–Trinajstić information content (AvgIpc) is 2.66. The van der Waals surface area contributed by atoms with E-state index in [9.17, 15) is 0 Å². The van der Waals surface area contributed by atoms with Crippen molar-refractivity contribution in [2.45, 2.75) is 45.8 Å². The van der Waals surface area contributed by atoms with Gasteiger partial charge in [-0.05, 0) is 59.4 Å². The lowest BCUT2D eigenvalue weighted by atomic mass is 9.72. The molecule has 3 atom stereocenters. The summed E-state index contributed by atoms with van der Waals surface area (Å²) in [6.07, 6.45) is 1.35. The van der Waals surface area contributed by atoms with Gasteiger partial charge in [-0.3, -0.25) is 4.90 Å². The molecule has 1 aliphatic carbocycles. The van der Waals surface area contributed by atoms with E-state index in [1.54, 1.807) is 0 Å². The first-order chi connectivity index (χ1) is 7.80. The summed E-state index contributed by atoms with van der Waals surface area (Å²) in [6.45, 7) is 8.59. The predicted molar refractivity (Wildman–Crippen MR) is 70.3 cm³/mol. The minimum atomic E-state index is -0.121. The van der Waals surface area contributed by atoms with Crippen molar-refractivity contribution >= 4 is 0 Å². The molecule has 3 unspecified atom stereocenters. The van der Waals surface area contributed by atoms with Crippen molar-refractivity contribution in [3.63, 3.8) is 0 Å². The van der Waals surface area contributed by atoms with Crippen LogP contribution in [-0.4, -0.2) is 30.6 Å². The fourth-order valence-electron chi connectivity index (χ4n) is 3.13. The Hall–Kier alpha value is -0.960. The van der Waals surface area contributed by atoms with E-state index in [1.165, 1.54) is 11.1 Å². The first-order valence-electron chi connectivity index (χ1n) is 6.32. The lowest BCUT2D eigenvalue weighted by Crippen LogP contribution is -2.53. The summed E-state index contributed by atoms with van der Waals surface area (Å²) in [5.41, 5.74) is 9.68. The predicted octanol–water partition coefficient (Wildman–Crippen LogP) is 2.25. The topological polar surface area (TPSA) is 38.5 Å². The summed E-state index contributed by atoms with van der Waals surface area (Å²) in [5, 5.41) is 0. The maximum absolute atomic E-state index is 6.40. The van der Waals surface area contributed by atoms with E-state index in [0.717, 1.165) is 17.9 Å². The van der Waals surface area contributed by atoms with Gasteiger partial charge in [-0.1, -0.05) is 0 Å². The first kappa shape index (κ1) is 12.5. The molecule has 2 rings (SSSR count). The molecule has 2 N–H and O–H groups in total. The number of nitrogens with two attached hydrogens (primary N) is 1. The number of rotatable bonds is 1. The van der Waals surface area contributed by atoms with E-state index in [2.05, 4.69) is 46.7 Å². The smallest absolute Gasteiger partial charge is 0.105 e. The molecule has 2 aliphatic rings. The summed E-state index contributed by atoms with van der Waals surface area (Å²) in [4.78, 5) is 2.23. The van der Waals surface area contributed by atoms with Crippen LogP contribution in [0.1, 0.15) is 34.1 Å².